The summed E-state index contributed by atoms with van der Waals surface area (Å²) in [6, 6.07) is 0. The van der Waals surface area contributed by atoms with E-state index in [1.54, 1.807) is 13.8 Å². The molecule has 0 aromatic carbocycles. The van der Waals surface area contributed by atoms with Crippen LogP contribution in [0, 0.1) is 5.41 Å². The fourth-order valence-electron chi connectivity index (χ4n) is 1.53. The van der Waals surface area contributed by atoms with Gasteiger partial charge in [-0.15, -0.1) is 0 Å². The molecule has 4 heteroatoms. The van der Waals surface area contributed by atoms with Gasteiger partial charge in [0.2, 0.25) is 0 Å². The minimum absolute atomic E-state index is 0.359. The van der Waals surface area contributed by atoms with Crippen molar-refractivity contribution in [3.05, 3.63) is 0 Å². The van der Waals surface area contributed by atoms with E-state index in [2.05, 4.69) is 0 Å². The van der Waals surface area contributed by atoms with Crippen molar-refractivity contribution in [3.63, 3.8) is 0 Å². The first-order valence-electron chi connectivity index (χ1n) is 3.43. The van der Waals surface area contributed by atoms with E-state index in [4.69, 9.17) is 0 Å². The average molecular weight is 176 g/mol. The predicted octanol–water partition coefficient (Wildman–Crippen LogP) is 0.399. The number of carbonyl (C=O) groups excluding carboxylic acids is 1. The topological polar surface area (TPSA) is 51.2 Å². The molecule has 1 fully saturated rings. The van der Waals surface area contributed by atoms with Gasteiger partial charge in [-0.2, -0.15) is 0 Å². The highest BCUT2D eigenvalue weighted by Gasteiger charge is 2.68. The second-order valence-corrected chi connectivity index (χ2v) is 6.11. The molecule has 3 nitrogen and oxygen atoms in total. The summed E-state index contributed by atoms with van der Waals surface area (Å²) in [5.74, 6) is 0. The zero-order valence-corrected chi connectivity index (χ0v) is 7.73. The van der Waals surface area contributed by atoms with Crippen LogP contribution in [0.2, 0.25) is 0 Å². The summed E-state index contributed by atoms with van der Waals surface area (Å²) < 4.78 is 21.2. The molecule has 0 aromatic rings. The monoisotopic (exact) mass is 176 g/mol. The molecule has 0 bridgehead atoms. The number of hydrogen-bond donors (Lipinski definition) is 0. The Balaban J connectivity index is 3.13. The second kappa shape index (κ2) is 1.86. The first kappa shape index (κ1) is 8.71. The Labute approximate surface area is 66.7 Å². The van der Waals surface area contributed by atoms with E-state index >= 15 is 0 Å². The third-order valence-electron chi connectivity index (χ3n) is 2.58. The van der Waals surface area contributed by atoms with Gasteiger partial charge in [-0.1, -0.05) is 13.8 Å². The van der Waals surface area contributed by atoms with Crippen LogP contribution in [0.15, 0.2) is 0 Å². The molecule has 0 N–H and O–H groups in total. The molecule has 0 amide bonds. The van der Waals surface area contributed by atoms with Crippen LogP contribution in [0.3, 0.4) is 0 Å². The summed E-state index contributed by atoms with van der Waals surface area (Å²) in [5.41, 5.74) is -0.359. The molecule has 1 saturated carbocycles. The van der Waals surface area contributed by atoms with Crippen LogP contribution in [0.5, 0.6) is 0 Å². The summed E-state index contributed by atoms with van der Waals surface area (Å²) >= 11 is 0. The van der Waals surface area contributed by atoms with Crippen molar-refractivity contribution in [2.24, 2.45) is 5.41 Å². The summed E-state index contributed by atoms with van der Waals surface area (Å²) in [5, 5.41) is 0. The number of hydrogen-bond acceptors (Lipinski definition) is 3. The van der Waals surface area contributed by atoms with Crippen LogP contribution in [0.25, 0.3) is 0 Å². The molecule has 1 unspecified atom stereocenters. The van der Waals surface area contributed by atoms with E-state index in [0.717, 1.165) is 6.26 Å². The van der Waals surface area contributed by atoms with Gasteiger partial charge in [-0.05, 0) is 11.8 Å². The maximum Gasteiger partial charge on any atom is 0.160 e. The second-order valence-electron chi connectivity index (χ2n) is 3.84. The van der Waals surface area contributed by atoms with E-state index in [1.807, 2.05) is 0 Å². The van der Waals surface area contributed by atoms with Gasteiger partial charge >= 0.3 is 0 Å². The molecule has 0 aliphatic heterocycles. The first-order valence-corrected chi connectivity index (χ1v) is 5.32. The third kappa shape index (κ3) is 0.922. The minimum Gasteiger partial charge on any atom is -0.302 e. The summed E-state index contributed by atoms with van der Waals surface area (Å²) in [6.07, 6.45) is 2.15. The van der Waals surface area contributed by atoms with Crippen LogP contribution >= 0.6 is 0 Å². The van der Waals surface area contributed by atoms with Crippen molar-refractivity contribution >= 4 is 16.1 Å². The van der Waals surface area contributed by atoms with Gasteiger partial charge in [0, 0.05) is 6.26 Å². The Hall–Kier alpha value is -0.380. The summed E-state index contributed by atoms with van der Waals surface area (Å²) in [7, 11) is -3.22. The molecule has 1 atom stereocenters. The average Bonchev–Trinajstić information content (AvgIpc) is 2.33. The van der Waals surface area contributed by atoms with Crippen molar-refractivity contribution in [1.29, 1.82) is 0 Å². The Kier molecular flexibility index (Phi) is 1.47. The third-order valence-corrected chi connectivity index (χ3v) is 4.69. The van der Waals surface area contributed by atoms with Gasteiger partial charge in [0.15, 0.2) is 9.84 Å². The normalized spacial score (nSPS) is 34.8. The lowest BCUT2D eigenvalue weighted by Gasteiger charge is -2.09. The van der Waals surface area contributed by atoms with Gasteiger partial charge in [0.25, 0.3) is 0 Å². The van der Waals surface area contributed by atoms with Crippen LogP contribution < -0.4 is 0 Å². The van der Waals surface area contributed by atoms with E-state index in [0.29, 0.717) is 12.7 Å². The fraction of sp³-hybridized carbons (Fsp3) is 0.857. The summed E-state index contributed by atoms with van der Waals surface area (Å²) in [4.78, 5) is 10.6. The molecule has 1 aliphatic rings. The highest BCUT2D eigenvalue weighted by Crippen LogP contribution is 2.59. The Morgan fingerprint density at radius 2 is 1.73 bits per heavy atom. The van der Waals surface area contributed by atoms with Crippen LogP contribution in [-0.4, -0.2) is 25.7 Å². The highest BCUT2D eigenvalue weighted by molar-refractivity contribution is 7.93. The van der Waals surface area contributed by atoms with Gasteiger partial charge in [0.1, 0.15) is 11.0 Å². The zero-order valence-electron chi connectivity index (χ0n) is 6.92. The highest BCUT2D eigenvalue weighted by atomic mass is 32.2. The predicted molar refractivity (Wildman–Crippen MR) is 42.0 cm³/mol. The van der Waals surface area contributed by atoms with Crippen molar-refractivity contribution < 1.29 is 13.2 Å². The largest absolute Gasteiger partial charge is 0.302 e. The van der Waals surface area contributed by atoms with Gasteiger partial charge in [-0.25, -0.2) is 8.42 Å². The van der Waals surface area contributed by atoms with Crippen molar-refractivity contribution in [2.75, 3.05) is 6.26 Å². The lowest BCUT2D eigenvalue weighted by molar-refractivity contribution is -0.108. The molecule has 0 spiro atoms. The molecule has 0 heterocycles. The molecule has 1 rings (SSSR count). The smallest absolute Gasteiger partial charge is 0.160 e. The number of sulfone groups is 1. The van der Waals surface area contributed by atoms with E-state index < -0.39 is 14.6 Å². The van der Waals surface area contributed by atoms with E-state index in [1.165, 1.54) is 0 Å². The van der Waals surface area contributed by atoms with E-state index in [-0.39, 0.29) is 5.41 Å². The number of rotatable bonds is 2. The molecule has 0 saturated heterocycles. The molecule has 0 aromatic heterocycles. The van der Waals surface area contributed by atoms with Gasteiger partial charge in [0.05, 0.1) is 0 Å². The quantitative estimate of drug-likeness (QED) is 0.572. The lowest BCUT2D eigenvalue weighted by Crippen LogP contribution is -2.28. The molecular weight excluding hydrogens is 164 g/mol. The van der Waals surface area contributed by atoms with Crippen LogP contribution in [0.1, 0.15) is 20.3 Å². The number of carbonyl (C=O) groups is 1. The molecular formula is C7H12O3S. The SMILES string of the molecule is CC1(C)CC1(C=O)S(C)(=O)=O. The standard InChI is InChI=1S/C7H12O3S/c1-6(2)4-7(6,5-8)11(3,9)10/h5H,4H2,1-3H3. The molecule has 11 heavy (non-hydrogen) atoms. The first-order chi connectivity index (χ1) is 4.77. The Morgan fingerprint density at radius 1 is 1.36 bits per heavy atom. The fourth-order valence-corrected chi connectivity index (χ4v) is 3.34. The minimum atomic E-state index is -3.22. The van der Waals surface area contributed by atoms with Crippen molar-refractivity contribution in [1.82, 2.24) is 0 Å². The van der Waals surface area contributed by atoms with Crippen LogP contribution in [-0.2, 0) is 14.6 Å². The maximum absolute atomic E-state index is 11.1. The van der Waals surface area contributed by atoms with Gasteiger partial charge < -0.3 is 4.79 Å². The molecule has 64 valence electrons. The Bertz CT molecular complexity index is 289. The zero-order chi connectivity index (χ0) is 8.91. The van der Waals surface area contributed by atoms with Crippen molar-refractivity contribution in [3.8, 4) is 0 Å². The number of aldehydes is 1. The Morgan fingerprint density at radius 3 is 1.73 bits per heavy atom. The van der Waals surface area contributed by atoms with Crippen molar-refractivity contribution in [2.45, 2.75) is 25.0 Å². The maximum atomic E-state index is 11.1. The molecule has 0 radical (unpaired) electrons. The molecule has 1 aliphatic carbocycles. The summed E-state index contributed by atoms with van der Waals surface area (Å²) in [6.45, 7) is 3.59. The van der Waals surface area contributed by atoms with E-state index in [9.17, 15) is 13.2 Å². The van der Waals surface area contributed by atoms with Crippen LogP contribution in [0.4, 0.5) is 0 Å². The van der Waals surface area contributed by atoms with Gasteiger partial charge in [-0.3, -0.25) is 0 Å². The lowest BCUT2D eigenvalue weighted by atomic mass is 10.1.